The maximum atomic E-state index is 12.0. The maximum Gasteiger partial charge on any atom is 0.338 e. The van der Waals surface area contributed by atoms with Gasteiger partial charge in [-0.2, -0.15) is 0 Å². The van der Waals surface area contributed by atoms with Crippen LogP contribution in [0.25, 0.3) is 5.57 Å². The third-order valence-corrected chi connectivity index (χ3v) is 4.05. The molecule has 1 atom stereocenters. The van der Waals surface area contributed by atoms with Crippen LogP contribution < -0.4 is 0 Å². The number of oxime groups is 1. The van der Waals surface area contributed by atoms with Crippen LogP contribution in [0.1, 0.15) is 43.6 Å². The van der Waals surface area contributed by atoms with E-state index >= 15 is 0 Å². The van der Waals surface area contributed by atoms with Crippen LogP contribution in [-0.4, -0.2) is 19.0 Å². The highest BCUT2D eigenvalue weighted by molar-refractivity contribution is 6.16. The quantitative estimate of drug-likeness (QED) is 0.230. The zero-order chi connectivity index (χ0) is 19.6. The molecular formula is C22H25NO4. The van der Waals surface area contributed by atoms with Crippen LogP contribution in [0.3, 0.4) is 0 Å². The molecule has 0 heterocycles. The Kier molecular flexibility index (Phi) is 7.62. The average molecular weight is 367 g/mol. The topological polar surface area (TPSA) is 57.1 Å². The van der Waals surface area contributed by atoms with E-state index in [2.05, 4.69) is 5.16 Å². The molecule has 1 unspecified atom stereocenters. The highest BCUT2D eigenvalue weighted by Crippen LogP contribution is 2.22. The second-order valence-electron chi connectivity index (χ2n) is 5.91. The van der Waals surface area contributed by atoms with E-state index in [9.17, 15) is 4.79 Å². The number of carbonyl (C=O) groups is 1. The minimum absolute atomic E-state index is 0.175. The van der Waals surface area contributed by atoms with E-state index in [1.54, 1.807) is 19.9 Å². The lowest BCUT2D eigenvalue weighted by molar-refractivity contribution is -0.133. The molecule has 5 nitrogen and oxygen atoms in total. The number of nitrogens with zero attached hydrogens (tertiary/aromatic N) is 1. The molecule has 0 radical (unpaired) electrons. The third-order valence-electron chi connectivity index (χ3n) is 4.05. The standard InChI is InChI=1S/C22H25NO4/c1-5-20(22(24)25-4)21-14-10-9-13-19(21)15-26-17(3)23-27-16(2)18-11-7-6-8-12-18/h5-14,16H,15H2,1-4H3. The van der Waals surface area contributed by atoms with Crippen LogP contribution in [0.4, 0.5) is 0 Å². The van der Waals surface area contributed by atoms with Crippen molar-refractivity contribution >= 4 is 17.4 Å². The van der Waals surface area contributed by atoms with E-state index in [-0.39, 0.29) is 18.7 Å². The largest absolute Gasteiger partial charge is 0.474 e. The number of ether oxygens (including phenoxy) is 2. The number of benzene rings is 2. The fraction of sp³-hybridized carbons (Fsp3) is 0.273. The molecule has 0 aliphatic rings. The Morgan fingerprint density at radius 1 is 1.11 bits per heavy atom. The van der Waals surface area contributed by atoms with Gasteiger partial charge in [-0.05, 0) is 30.5 Å². The van der Waals surface area contributed by atoms with Crippen molar-refractivity contribution in [2.45, 2.75) is 33.5 Å². The molecule has 0 aliphatic heterocycles. The van der Waals surface area contributed by atoms with Crippen molar-refractivity contribution in [3.05, 3.63) is 77.4 Å². The number of hydrogen-bond donors (Lipinski definition) is 0. The van der Waals surface area contributed by atoms with E-state index in [1.165, 1.54) is 7.11 Å². The number of esters is 1. The van der Waals surface area contributed by atoms with Crippen LogP contribution in [0, 0.1) is 0 Å². The Morgan fingerprint density at radius 3 is 2.44 bits per heavy atom. The molecular weight excluding hydrogens is 342 g/mol. The molecule has 2 aromatic rings. The van der Waals surface area contributed by atoms with Gasteiger partial charge in [0.1, 0.15) is 12.7 Å². The monoisotopic (exact) mass is 367 g/mol. The van der Waals surface area contributed by atoms with Crippen molar-refractivity contribution in [3.8, 4) is 0 Å². The minimum Gasteiger partial charge on any atom is -0.474 e. The Labute approximate surface area is 160 Å². The van der Waals surface area contributed by atoms with Gasteiger partial charge in [0.15, 0.2) is 0 Å². The fourth-order valence-electron chi connectivity index (χ4n) is 2.55. The van der Waals surface area contributed by atoms with Crippen LogP contribution in [0.2, 0.25) is 0 Å². The highest BCUT2D eigenvalue weighted by atomic mass is 16.7. The SMILES string of the molecule is CC=C(C(=O)OC)c1ccccc1COC(C)=NOC(C)c1ccccc1. The summed E-state index contributed by atoms with van der Waals surface area (Å²) in [5.74, 6) is 0.0306. The summed E-state index contributed by atoms with van der Waals surface area (Å²) in [5.41, 5.74) is 3.18. The van der Waals surface area contributed by atoms with Gasteiger partial charge in [0.2, 0.25) is 5.90 Å². The van der Waals surface area contributed by atoms with Crippen LogP contribution >= 0.6 is 0 Å². The van der Waals surface area contributed by atoms with Crippen molar-refractivity contribution in [1.29, 1.82) is 0 Å². The molecule has 0 aromatic heterocycles. The summed E-state index contributed by atoms with van der Waals surface area (Å²) in [6, 6.07) is 17.4. The van der Waals surface area contributed by atoms with Gasteiger partial charge < -0.3 is 14.3 Å². The molecule has 0 aliphatic carbocycles. The zero-order valence-electron chi connectivity index (χ0n) is 16.1. The first kappa shape index (κ1) is 20.2. The number of carbonyl (C=O) groups excluding carboxylic acids is 1. The fourth-order valence-corrected chi connectivity index (χ4v) is 2.55. The molecule has 5 heteroatoms. The van der Waals surface area contributed by atoms with Gasteiger partial charge in [0.05, 0.1) is 12.7 Å². The molecule has 0 fully saturated rings. The second-order valence-corrected chi connectivity index (χ2v) is 5.91. The molecule has 0 bridgehead atoms. The predicted molar refractivity (Wildman–Crippen MR) is 106 cm³/mol. The first-order chi connectivity index (χ1) is 13.1. The predicted octanol–water partition coefficient (Wildman–Crippen LogP) is 4.89. The molecule has 2 aromatic carbocycles. The van der Waals surface area contributed by atoms with Gasteiger partial charge in [-0.15, -0.1) is 0 Å². The number of rotatable bonds is 7. The highest BCUT2D eigenvalue weighted by Gasteiger charge is 2.15. The van der Waals surface area contributed by atoms with Gasteiger partial charge in [0, 0.05) is 6.92 Å². The van der Waals surface area contributed by atoms with Crippen LogP contribution in [-0.2, 0) is 25.7 Å². The Bertz CT molecular complexity index is 812. The van der Waals surface area contributed by atoms with E-state index in [1.807, 2.05) is 61.5 Å². The molecule has 0 saturated carbocycles. The number of methoxy groups -OCH3 is 1. The normalized spacial score (nSPS) is 13.0. The first-order valence-corrected chi connectivity index (χ1v) is 8.77. The third kappa shape index (κ3) is 5.71. The summed E-state index contributed by atoms with van der Waals surface area (Å²) < 4.78 is 10.6. The Balaban J connectivity index is 2.03. The number of allylic oxidation sites excluding steroid dienone is 1. The molecule has 0 saturated heterocycles. The average Bonchev–Trinajstić information content (AvgIpc) is 2.72. The molecule has 0 amide bonds. The first-order valence-electron chi connectivity index (χ1n) is 8.77. The lowest BCUT2D eigenvalue weighted by atomic mass is 10.00. The summed E-state index contributed by atoms with van der Waals surface area (Å²) in [4.78, 5) is 17.5. The molecule has 2 rings (SSSR count). The van der Waals surface area contributed by atoms with Crippen LogP contribution in [0.15, 0.2) is 65.8 Å². The molecule has 0 spiro atoms. The van der Waals surface area contributed by atoms with E-state index in [0.717, 1.165) is 16.7 Å². The second kappa shape index (κ2) is 10.2. The van der Waals surface area contributed by atoms with Crippen molar-refractivity contribution in [2.75, 3.05) is 7.11 Å². The Morgan fingerprint density at radius 2 is 1.78 bits per heavy atom. The van der Waals surface area contributed by atoms with Gasteiger partial charge in [-0.3, -0.25) is 0 Å². The van der Waals surface area contributed by atoms with E-state index in [4.69, 9.17) is 14.3 Å². The minimum atomic E-state index is -0.379. The maximum absolute atomic E-state index is 12.0. The van der Waals surface area contributed by atoms with Gasteiger partial charge in [-0.1, -0.05) is 65.8 Å². The van der Waals surface area contributed by atoms with E-state index in [0.29, 0.717) is 11.5 Å². The lowest BCUT2D eigenvalue weighted by Gasteiger charge is -2.13. The van der Waals surface area contributed by atoms with Crippen molar-refractivity contribution < 1.29 is 19.1 Å². The molecule has 27 heavy (non-hydrogen) atoms. The van der Waals surface area contributed by atoms with Gasteiger partial charge in [0.25, 0.3) is 0 Å². The van der Waals surface area contributed by atoms with Crippen molar-refractivity contribution in [3.63, 3.8) is 0 Å². The molecule has 0 N–H and O–H groups in total. The van der Waals surface area contributed by atoms with Crippen molar-refractivity contribution in [1.82, 2.24) is 0 Å². The Hall–Kier alpha value is -3.08. The van der Waals surface area contributed by atoms with Gasteiger partial charge >= 0.3 is 5.97 Å². The van der Waals surface area contributed by atoms with Crippen LogP contribution in [0.5, 0.6) is 0 Å². The summed E-state index contributed by atoms with van der Waals surface area (Å²) in [6.45, 7) is 5.73. The summed E-state index contributed by atoms with van der Waals surface area (Å²) >= 11 is 0. The van der Waals surface area contributed by atoms with Gasteiger partial charge in [-0.25, -0.2) is 4.79 Å². The summed E-state index contributed by atoms with van der Waals surface area (Å²) in [7, 11) is 1.37. The summed E-state index contributed by atoms with van der Waals surface area (Å²) in [5, 5.41) is 4.05. The summed E-state index contributed by atoms with van der Waals surface area (Å²) in [6.07, 6.45) is 1.56. The van der Waals surface area contributed by atoms with Crippen molar-refractivity contribution in [2.24, 2.45) is 5.16 Å². The molecule has 142 valence electrons. The van der Waals surface area contributed by atoms with E-state index < -0.39 is 0 Å². The smallest absolute Gasteiger partial charge is 0.338 e. The zero-order valence-corrected chi connectivity index (χ0v) is 16.1. The number of hydrogen-bond acceptors (Lipinski definition) is 5. The lowest BCUT2D eigenvalue weighted by Crippen LogP contribution is -2.08.